The van der Waals surface area contributed by atoms with E-state index < -0.39 is 15.8 Å². The molecule has 7 nitrogen and oxygen atoms in total. The average Bonchev–Trinajstić information content (AvgIpc) is 3.06. The minimum Gasteiger partial charge on any atom is -0.491 e. The summed E-state index contributed by atoms with van der Waals surface area (Å²) in [7, 11) is -3.72. The Kier molecular flexibility index (Phi) is 8.90. The van der Waals surface area contributed by atoms with E-state index in [0.717, 1.165) is 30.7 Å². The molecule has 0 aliphatic carbocycles. The van der Waals surface area contributed by atoms with E-state index in [1.807, 2.05) is 45.0 Å². The maximum absolute atomic E-state index is 13.2. The highest BCUT2D eigenvalue weighted by molar-refractivity contribution is 7.89. The highest BCUT2D eigenvalue weighted by atomic mass is 32.2. The molecular formula is C25H34FN3O4S. The van der Waals surface area contributed by atoms with Crippen molar-refractivity contribution in [2.24, 2.45) is 0 Å². The molecule has 1 heterocycles. The number of halogens is 1. The van der Waals surface area contributed by atoms with Gasteiger partial charge >= 0.3 is 6.03 Å². The van der Waals surface area contributed by atoms with E-state index in [4.69, 9.17) is 4.74 Å². The van der Waals surface area contributed by atoms with Gasteiger partial charge in [-0.15, -0.1) is 0 Å². The third kappa shape index (κ3) is 7.17. The van der Waals surface area contributed by atoms with Gasteiger partial charge in [0.05, 0.1) is 11.0 Å². The number of carbonyl (C=O) groups is 1. The Balaban J connectivity index is 1.48. The zero-order chi connectivity index (χ0) is 24.7. The van der Waals surface area contributed by atoms with Crippen molar-refractivity contribution in [1.82, 2.24) is 14.5 Å². The van der Waals surface area contributed by atoms with E-state index >= 15 is 0 Å². The van der Waals surface area contributed by atoms with Crippen LogP contribution in [0.15, 0.2) is 53.4 Å². The largest absolute Gasteiger partial charge is 0.491 e. The standard InChI is InChI=1S/C25H34FN3O4S/c1-19(2)33-23-11-7-21(8-12-23)6-5-20(3)27-25(30)28-15-4-16-29(18-17-28)34(31,32)24-13-9-22(26)10-14-24/h7-14,19-20H,4-6,15-18H2,1-3H3,(H,27,30). The Morgan fingerprint density at radius 3 is 2.32 bits per heavy atom. The van der Waals surface area contributed by atoms with Crippen LogP contribution in [0.25, 0.3) is 0 Å². The highest BCUT2D eigenvalue weighted by Crippen LogP contribution is 2.19. The third-order valence-electron chi connectivity index (χ3n) is 5.72. The van der Waals surface area contributed by atoms with Crippen molar-refractivity contribution in [2.75, 3.05) is 26.2 Å². The minimum atomic E-state index is -3.72. The Hall–Kier alpha value is -2.65. The molecular weight excluding hydrogens is 457 g/mol. The lowest BCUT2D eigenvalue weighted by Crippen LogP contribution is -2.45. The van der Waals surface area contributed by atoms with Gasteiger partial charge in [0.1, 0.15) is 11.6 Å². The number of nitrogens with zero attached hydrogens (tertiary/aromatic N) is 2. The number of aryl methyl sites for hydroxylation is 1. The zero-order valence-electron chi connectivity index (χ0n) is 20.0. The monoisotopic (exact) mass is 491 g/mol. The van der Waals surface area contributed by atoms with Gasteiger partial charge in [0, 0.05) is 32.2 Å². The number of ether oxygens (including phenoxy) is 1. The van der Waals surface area contributed by atoms with Gasteiger partial charge in [-0.1, -0.05) is 12.1 Å². The fourth-order valence-corrected chi connectivity index (χ4v) is 5.33. The molecule has 9 heteroatoms. The van der Waals surface area contributed by atoms with Gasteiger partial charge in [-0.2, -0.15) is 4.31 Å². The number of carbonyl (C=O) groups excluding carboxylic acids is 1. The summed E-state index contributed by atoms with van der Waals surface area (Å²) in [5.74, 6) is 0.362. The van der Waals surface area contributed by atoms with Gasteiger partial charge in [0.15, 0.2) is 0 Å². The van der Waals surface area contributed by atoms with Gasteiger partial charge in [-0.05, 0) is 82.0 Å². The van der Waals surface area contributed by atoms with Crippen molar-refractivity contribution < 1.29 is 22.3 Å². The van der Waals surface area contributed by atoms with Crippen molar-refractivity contribution in [3.05, 3.63) is 59.9 Å². The van der Waals surface area contributed by atoms with Crippen molar-refractivity contribution in [3.8, 4) is 5.75 Å². The molecule has 1 saturated heterocycles. The first kappa shape index (κ1) is 26.0. The first-order chi connectivity index (χ1) is 16.1. The van der Waals surface area contributed by atoms with Gasteiger partial charge in [0.2, 0.25) is 10.0 Å². The highest BCUT2D eigenvalue weighted by Gasteiger charge is 2.28. The second kappa shape index (κ2) is 11.7. The molecule has 1 unspecified atom stereocenters. The lowest BCUT2D eigenvalue weighted by molar-refractivity contribution is 0.196. The number of sulfonamides is 1. The van der Waals surface area contributed by atoms with Crippen LogP contribution in [-0.2, 0) is 16.4 Å². The molecule has 1 aliphatic heterocycles. The maximum atomic E-state index is 13.2. The van der Waals surface area contributed by atoms with E-state index in [0.29, 0.717) is 26.1 Å². The van der Waals surface area contributed by atoms with E-state index in [-0.39, 0.29) is 29.6 Å². The van der Waals surface area contributed by atoms with Crippen LogP contribution < -0.4 is 10.1 Å². The number of nitrogens with one attached hydrogen (secondary N) is 1. The Morgan fingerprint density at radius 1 is 1.00 bits per heavy atom. The van der Waals surface area contributed by atoms with Crippen molar-refractivity contribution >= 4 is 16.1 Å². The first-order valence-corrected chi connectivity index (χ1v) is 13.2. The SMILES string of the molecule is CC(CCc1ccc(OC(C)C)cc1)NC(=O)N1CCCN(S(=O)(=O)c2ccc(F)cc2)CC1. The van der Waals surface area contributed by atoms with Gasteiger partial charge in [0.25, 0.3) is 0 Å². The summed E-state index contributed by atoms with van der Waals surface area (Å²) in [6.07, 6.45) is 2.28. The van der Waals surface area contributed by atoms with Crippen molar-refractivity contribution in [1.29, 1.82) is 0 Å². The van der Waals surface area contributed by atoms with Crippen LogP contribution in [0.1, 0.15) is 39.2 Å². The normalized spacial score (nSPS) is 16.2. The second-order valence-corrected chi connectivity index (χ2v) is 10.8. The van der Waals surface area contributed by atoms with Crippen LogP contribution in [0.3, 0.4) is 0 Å². The molecule has 186 valence electrons. The number of amides is 2. The quantitative estimate of drug-likeness (QED) is 0.605. The lowest BCUT2D eigenvalue weighted by Gasteiger charge is -2.24. The molecule has 2 amide bonds. The fraction of sp³-hybridized carbons (Fsp3) is 0.480. The minimum absolute atomic E-state index is 0.0265. The Labute approximate surface area is 201 Å². The molecule has 2 aromatic rings. The van der Waals surface area contributed by atoms with Crippen LogP contribution in [0.2, 0.25) is 0 Å². The van der Waals surface area contributed by atoms with Gasteiger partial charge in [-0.25, -0.2) is 17.6 Å². The van der Waals surface area contributed by atoms with Gasteiger partial charge in [-0.3, -0.25) is 0 Å². The van der Waals surface area contributed by atoms with E-state index in [1.165, 1.54) is 22.0 Å². The van der Waals surface area contributed by atoms with Crippen LogP contribution in [0.5, 0.6) is 5.75 Å². The number of rotatable bonds is 8. The lowest BCUT2D eigenvalue weighted by atomic mass is 10.1. The van der Waals surface area contributed by atoms with Crippen LogP contribution in [0, 0.1) is 5.82 Å². The third-order valence-corrected chi connectivity index (χ3v) is 7.64. The molecule has 0 radical (unpaired) electrons. The summed E-state index contributed by atoms with van der Waals surface area (Å²) in [4.78, 5) is 14.5. The van der Waals surface area contributed by atoms with E-state index in [9.17, 15) is 17.6 Å². The molecule has 1 atom stereocenters. The molecule has 1 fully saturated rings. The van der Waals surface area contributed by atoms with Crippen molar-refractivity contribution in [3.63, 3.8) is 0 Å². The number of hydrogen-bond donors (Lipinski definition) is 1. The summed E-state index contributed by atoms with van der Waals surface area (Å²) in [5, 5.41) is 3.03. The summed E-state index contributed by atoms with van der Waals surface area (Å²) >= 11 is 0. The molecule has 1 N–H and O–H groups in total. The van der Waals surface area contributed by atoms with E-state index in [2.05, 4.69) is 5.32 Å². The summed E-state index contributed by atoms with van der Waals surface area (Å²) in [5.41, 5.74) is 1.17. The molecule has 0 bridgehead atoms. The average molecular weight is 492 g/mol. The molecule has 34 heavy (non-hydrogen) atoms. The first-order valence-electron chi connectivity index (χ1n) is 11.7. The zero-order valence-corrected chi connectivity index (χ0v) is 20.9. The number of benzene rings is 2. The summed E-state index contributed by atoms with van der Waals surface area (Å²) in [6.45, 7) is 7.25. The van der Waals surface area contributed by atoms with E-state index in [1.54, 1.807) is 4.90 Å². The van der Waals surface area contributed by atoms with Crippen LogP contribution in [0.4, 0.5) is 9.18 Å². The molecule has 3 rings (SSSR count). The Bertz CT molecular complexity index is 1040. The number of urea groups is 1. The smallest absolute Gasteiger partial charge is 0.317 e. The number of hydrogen-bond acceptors (Lipinski definition) is 4. The maximum Gasteiger partial charge on any atom is 0.317 e. The van der Waals surface area contributed by atoms with Gasteiger partial charge < -0.3 is 15.0 Å². The molecule has 0 aromatic heterocycles. The predicted molar refractivity (Wildman–Crippen MR) is 130 cm³/mol. The summed E-state index contributed by atoms with van der Waals surface area (Å²) in [6, 6.07) is 12.6. The molecule has 0 saturated carbocycles. The molecule has 2 aromatic carbocycles. The van der Waals surface area contributed by atoms with Crippen LogP contribution in [-0.4, -0.2) is 62.0 Å². The van der Waals surface area contributed by atoms with Crippen molar-refractivity contribution in [2.45, 2.75) is 57.1 Å². The topological polar surface area (TPSA) is 79.0 Å². The predicted octanol–water partition coefficient (Wildman–Crippen LogP) is 4.04. The molecule has 0 spiro atoms. The second-order valence-electron chi connectivity index (χ2n) is 8.90. The summed E-state index contributed by atoms with van der Waals surface area (Å²) < 4.78 is 46.0. The molecule has 1 aliphatic rings. The Morgan fingerprint density at radius 2 is 1.68 bits per heavy atom. The van der Waals surface area contributed by atoms with Crippen LogP contribution >= 0.6 is 0 Å². The fourth-order valence-electron chi connectivity index (χ4n) is 3.86.